The summed E-state index contributed by atoms with van der Waals surface area (Å²) in [6, 6.07) is 16.6. The van der Waals surface area contributed by atoms with Gasteiger partial charge >= 0.3 is 0 Å². The zero-order chi connectivity index (χ0) is 45.4. The number of nitrogens with one attached hydrogen (secondary N) is 4. The molecule has 2 unspecified atom stereocenters. The fourth-order valence-corrected chi connectivity index (χ4v) is 6.96. The molecule has 0 bridgehead atoms. The maximum absolute atomic E-state index is 13.3. The Labute approximate surface area is 392 Å². The Bertz CT molecular complexity index is 2530. The molecule has 0 aliphatic carbocycles. The molecule has 4 amide bonds. The van der Waals surface area contributed by atoms with Gasteiger partial charge in [0, 0.05) is 10.0 Å². The number of ketones is 2. The Kier molecular flexibility index (Phi) is 16.4. The normalized spacial score (nSPS) is 12.2. The van der Waals surface area contributed by atoms with Crippen LogP contribution in [0.5, 0.6) is 0 Å². The summed E-state index contributed by atoms with van der Waals surface area (Å²) in [4.78, 5) is 77.7. The molecule has 318 valence electrons. The lowest BCUT2D eigenvalue weighted by Gasteiger charge is -2.15. The van der Waals surface area contributed by atoms with Crippen molar-refractivity contribution in [2.24, 2.45) is 20.5 Å². The monoisotopic (exact) mass is 994 g/mol. The predicted molar refractivity (Wildman–Crippen MR) is 243 cm³/mol. The molecule has 0 spiro atoms. The van der Waals surface area contributed by atoms with Crippen molar-refractivity contribution in [1.29, 1.82) is 0 Å². The quantitative estimate of drug-likeness (QED) is 0.0630. The van der Waals surface area contributed by atoms with Crippen LogP contribution in [0.15, 0.2) is 105 Å². The SMILES string of the molecule is CC(=O)C(N=Nc1cccc(C(=O)Nc2ccc(Cl)cc2Cl)c1Cl)C(=O)Nc1ccc(NC(=O)C(N=Nc2cccc(C(=O)Nc3ccc(Cl)cc3Cl)c2Cl)C(C)=O)c(Cl)c1Cl. The summed E-state index contributed by atoms with van der Waals surface area (Å²) in [5.74, 6) is -4.65. The Morgan fingerprint density at radius 1 is 0.452 bits per heavy atom. The topological polar surface area (TPSA) is 200 Å². The number of carbonyl (C=O) groups is 6. The average Bonchev–Trinajstić information content (AvgIpc) is 3.20. The van der Waals surface area contributed by atoms with Gasteiger partial charge in [0.2, 0.25) is 12.1 Å². The highest BCUT2D eigenvalue weighted by molar-refractivity contribution is 6.46. The summed E-state index contributed by atoms with van der Waals surface area (Å²) in [5.41, 5.74) is 0.271. The van der Waals surface area contributed by atoms with E-state index in [-0.39, 0.29) is 75.4 Å². The second-order valence-corrected chi connectivity index (χ2v) is 15.9. The van der Waals surface area contributed by atoms with Crippen molar-refractivity contribution in [2.75, 3.05) is 21.3 Å². The van der Waals surface area contributed by atoms with Gasteiger partial charge in [0.05, 0.1) is 64.0 Å². The Balaban J connectivity index is 1.27. The smallest absolute Gasteiger partial charge is 0.258 e. The van der Waals surface area contributed by atoms with Crippen LogP contribution in [0.25, 0.3) is 0 Å². The molecule has 0 saturated carbocycles. The third kappa shape index (κ3) is 11.8. The molecule has 5 aromatic carbocycles. The van der Waals surface area contributed by atoms with E-state index in [2.05, 4.69) is 41.7 Å². The second-order valence-electron chi connectivity index (χ2n) is 12.7. The van der Waals surface area contributed by atoms with Crippen LogP contribution in [0.2, 0.25) is 40.2 Å². The largest absolute Gasteiger partial charge is 0.322 e. The van der Waals surface area contributed by atoms with Gasteiger partial charge in [-0.25, -0.2) is 0 Å². The highest BCUT2D eigenvalue weighted by Gasteiger charge is 2.28. The van der Waals surface area contributed by atoms with Crippen molar-refractivity contribution in [3.8, 4) is 0 Å². The maximum atomic E-state index is 13.3. The molecular formula is C40H26Cl8N8O6. The minimum Gasteiger partial charge on any atom is -0.322 e. The van der Waals surface area contributed by atoms with Gasteiger partial charge in [0.25, 0.3) is 23.6 Å². The molecule has 0 fully saturated rings. The third-order valence-electron chi connectivity index (χ3n) is 8.23. The Morgan fingerprint density at radius 2 is 0.806 bits per heavy atom. The summed E-state index contributed by atoms with van der Waals surface area (Å²) in [6.07, 6.45) is 0. The fraction of sp³-hybridized carbons (Fsp3) is 0.100. The first-order chi connectivity index (χ1) is 29.4. The van der Waals surface area contributed by atoms with E-state index < -0.39 is 47.3 Å². The van der Waals surface area contributed by atoms with Crippen molar-refractivity contribution < 1.29 is 28.8 Å². The minimum absolute atomic E-state index is 0.0117. The van der Waals surface area contributed by atoms with E-state index in [1.165, 1.54) is 84.9 Å². The number of halogens is 8. The molecule has 62 heavy (non-hydrogen) atoms. The number of anilines is 4. The number of Topliss-reactive ketones (excluding diaryl/α,β-unsaturated/α-hetero) is 2. The van der Waals surface area contributed by atoms with Crippen molar-refractivity contribution >= 4 is 162 Å². The number of nitrogens with zero attached hydrogens (tertiary/aromatic N) is 4. The van der Waals surface area contributed by atoms with Crippen LogP contribution in [0.4, 0.5) is 34.1 Å². The number of benzene rings is 5. The zero-order valence-electron chi connectivity index (χ0n) is 31.5. The van der Waals surface area contributed by atoms with E-state index in [1.807, 2.05) is 0 Å². The molecule has 2 atom stereocenters. The second kappa shape index (κ2) is 21.3. The van der Waals surface area contributed by atoms with Gasteiger partial charge < -0.3 is 21.3 Å². The number of hydrogen-bond acceptors (Lipinski definition) is 10. The number of hydrogen-bond donors (Lipinski definition) is 4. The van der Waals surface area contributed by atoms with Gasteiger partial charge in [-0.05, 0) is 86.6 Å². The lowest BCUT2D eigenvalue weighted by molar-refractivity contribution is -0.127. The van der Waals surface area contributed by atoms with Crippen LogP contribution in [-0.4, -0.2) is 47.3 Å². The van der Waals surface area contributed by atoms with E-state index in [0.29, 0.717) is 10.0 Å². The van der Waals surface area contributed by atoms with Gasteiger partial charge in [-0.1, -0.05) is 105 Å². The van der Waals surface area contributed by atoms with E-state index >= 15 is 0 Å². The molecule has 22 heteroatoms. The standard InChI is InChI=1S/C40H26Cl8N8O6/c1-17(57)35(55-53-29-7-3-5-21(31(29)45)37(59)49-25-11-9-19(41)15-23(25)43)39(61)51-27-13-14-28(34(48)33(27)47)52-40(62)36(18(2)58)56-54-30-8-4-6-22(32(30)46)38(60)50-26-12-10-20(42)16-24(26)44/h3-16,35-36H,1-2H3,(H,49,59)(H,50,60)(H,51,61)(H,52,62). The maximum Gasteiger partial charge on any atom is 0.258 e. The van der Waals surface area contributed by atoms with Gasteiger partial charge in [-0.15, -0.1) is 0 Å². The van der Waals surface area contributed by atoms with Crippen LogP contribution < -0.4 is 21.3 Å². The van der Waals surface area contributed by atoms with Gasteiger partial charge in [-0.3, -0.25) is 28.8 Å². The zero-order valence-corrected chi connectivity index (χ0v) is 37.5. The lowest BCUT2D eigenvalue weighted by atomic mass is 10.1. The lowest BCUT2D eigenvalue weighted by Crippen LogP contribution is -2.32. The van der Waals surface area contributed by atoms with Crippen LogP contribution in [0.1, 0.15) is 34.6 Å². The number of azo groups is 2. The summed E-state index contributed by atoms with van der Waals surface area (Å²) in [7, 11) is 0. The highest BCUT2D eigenvalue weighted by atomic mass is 35.5. The molecule has 5 rings (SSSR count). The molecule has 14 nitrogen and oxygen atoms in total. The van der Waals surface area contributed by atoms with E-state index in [9.17, 15) is 28.8 Å². The van der Waals surface area contributed by atoms with Crippen molar-refractivity contribution in [3.05, 3.63) is 136 Å². The number of rotatable bonds is 14. The Morgan fingerprint density at radius 3 is 1.15 bits per heavy atom. The molecule has 0 radical (unpaired) electrons. The first-order valence-electron chi connectivity index (χ1n) is 17.4. The van der Waals surface area contributed by atoms with Gasteiger partial charge in [-0.2, -0.15) is 20.5 Å². The molecule has 0 aliphatic rings. The summed E-state index contributed by atoms with van der Waals surface area (Å²) >= 11 is 50.0. The molecule has 0 aromatic heterocycles. The van der Waals surface area contributed by atoms with Gasteiger partial charge in [0.1, 0.15) is 11.4 Å². The molecule has 0 heterocycles. The van der Waals surface area contributed by atoms with Crippen LogP contribution in [-0.2, 0) is 19.2 Å². The van der Waals surface area contributed by atoms with Crippen LogP contribution in [0, 0.1) is 0 Å². The molecule has 4 N–H and O–H groups in total. The predicted octanol–water partition coefficient (Wildman–Crippen LogP) is 12.8. The third-order valence-corrected chi connectivity index (χ3v) is 11.0. The number of carbonyl (C=O) groups excluding carboxylic acids is 6. The first-order valence-corrected chi connectivity index (χ1v) is 20.4. The number of amides is 4. The minimum atomic E-state index is -1.71. The van der Waals surface area contributed by atoms with Crippen LogP contribution in [0.3, 0.4) is 0 Å². The molecule has 0 aliphatic heterocycles. The van der Waals surface area contributed by atoms with Crippen molar-refractivity contribution in [1.82, 2.24) is 0 Å². The van der Waals surface area contributed by atoms with E-state index in [1.54, 1.807) is 0 Å². The Hall–Kier alpha value is -5.16. The molecule has 5 aromatic rings. The summed E-state index contributed by atoms with van der Waals surface area (Å²) in [6.45, 7) is 2.20. The summed E-state index contributed by atoms with van der Waals surface area (Å²) < 4.78 is 0. The average molecular weight is 998 g/mol. The van der Waals surface area contributed by atoms with E-state index in [4.69, 9.17) is 92.8 Å². The fourth-order valence-electron chi connectivity index (χ4n) is 5.13. The van der Waals surface area contributed by atoms with Crippen molar-refractivity contribution in [3.63, 3.8) is 0 Å². The van der Waals surface area contributed by atoms with E-state index in [0.717, 1.165) is 13.8 Å². The summed E-state index contributed by atoms with van der Waals surface area (Å²) in [5, 5.41) is 26.1. The molecule has 0 saturated heterocycles. The highest BCUT2D eigenvalue weighted by Crippen LogP contribution is 2.37. The van der Waals surface area contributed by atoms with Crippen molar-refractivity contribution in [2.45, 2.75) is 25.9 Å². The molecular weight excluding hydrogens is 972 g/mol. The van der Waals surface area contributed by atoms with Crippen LogP contribution >= 0.6 is 92.8 Å². The first kappa shape index (κ1) is 47.9. The van der Waals surface area contributed by atoms with Gasteiger partial charge in [0.15, 0.2) is 11.6 Å².